The van der Waals surface area contributed by atoms with E-state index in [9.17, 15) is 14.4 Å². The zero-order valence-electron chi connectivity index (χ0n) is 15.8. The van der Waals surface area contributed by atoms with Crippen molar-refractivity contribution in [3.8, 4) is 11.5 Å². The molecule has 2 aromatic carbocycles. The predicted molar refractivity (Wildman–Crippen MR) is 167 cm³/mol. The van der Waals surface area contributed by atoms with E-state index in [0.29, 0.717) is 11.5 Å². The van der Waals surface area contributed by atoms with Gasteiger partial charge in [-0.1, -0.05) is 0 Å². The molecule has 0 radical (unpaired) electrons. The van der Waals surface area contributed by atoms with Gasteiger partial charge in [0.05, 0.1) is 7.14 Å². The summed E-state index contributed by atoms with van der Waals surface area (Å²) in [5.41, 5.74) is 0. The Hall–Kier alpha value is 1.03. The van der Waals surface area contributed by atoms with Gasteiger partial charge in [-0.2, -0.15) is 0 Å². The second-order valence-electron chi connectivity index (χ2n) is 5.84. The maximum atomic E-state index is 11.9. The van der Waals surface area contributed by atoms with E-state index in [1.807, 2.05) is 24.3 Å². The van der Waals surface area contributed by atoms with Gasteiger partial charge in [-0.15, -0.1) is 0 Å². The van der Waals surface area contributed by atoms with Crippen LogP contribution >= 0.6 is 136 Å². The Kier molecular flexibility index (Phi) is 13.3. The highest BCUT2D eigenvalue weighted by Gasteiger charge is 2.15. The van der Waals surface area contributed by atoms with Gasteiger partial charge >= 0.3 is 11.9 Å². The van der Waals surface area contributed by atoms with Crippen molar-refractivity contribution in [1.82, 2.24) is 0 Å². The summed E-state index contributed by atoms with van der Waals surface area (Å²) < 4.78 is 26.5. The fraction of sp³-hybridized carbons (Fsp3) is 0.211. The Morgan fingerprint density at radius 2 is 0.969 bits per heavy atom. The first-order valence-corrected chi connectivity index (χ1v) is 14.9. The third-order valence-electron chi connectivity index (χ3n) is 3.40. The summed E-state index contributed by atoms with van der Waals surface area (Å²) in [6.45, 7) is -1.69. The zero-order chi connectivity index (χ0) is 23.8. The minimum Gasteiger partial charge on any atom is -0.481 e. The highest BCUT2D eigenvalue weighted by molar-refractivity contribution is 14.1. The van der Waals surface area contributed by atoms with Crippen LogP contribution in [-0.4, -0.2) is 44.1 Å². The van der Waals surface area contributed by atoms with Gasteiger partial charge in [-0.05, 0) is 160 Å². The summed E-state index contributed by atoms with van der Waals surface area (Å²) in [6, 6.07) is 7.59. The molecule has 0 saturated carbocycles. The smallest absolute Gasteiger partial charge is 0.344 e. The first kappa shape index (κ1) is 29.3. The SMILES string of the molecule is O=C(COC(=O)COc1cc(I)cc(I)c1I)COC(=O)COc1cc(I)cc(I)c1I. The van der Waals surface area contributed by atoms with E-state index < -0.39 is 30.9 Å². The summed E-state index contributed by atoms with van der Waals surface area (Å²) >= 11 is 12.9. The molecule has 0 heterocycles. The Bertz CT molecular complexity index is 948. The van der Waals surface area contributed by atoms with Crippen molar-refractivity contribution in [1.29, 1.82) is 0 Å². The molecule has 0 spiro atoms. The number of Topliss-reactive ketones (excluding diaryl/α,β-unsaturated/α-hetero) is 1. The number of carbonyl (C=O) groups excluding carboxylic acids is 3. The molecular weight excluding hydrogens is 1100 g/mol. The van der Waals surface area contributed by atoms with Crippen LogP contribution < -0.4 is 9.47 Å². The lowest BCUT2D eigenvalue weighted by atomic mass is 10.3. The van der Waals surface area contributed by atoms with Crippen molar-refractivity contribution >= 4 is 153 Å². The number of hydrogen-bond acceptors (Lipinski definition) is 7. The van der Waals surface area contributed by atoms with Gasteiger partial charge in [0.15, 0.2) is 26.4 Å². The maximum absolute atomic E-state index is 11.9. The quantitative estimate of drug-likeness (QED) is 0.179. The monoisotopic (exact) mass is 1110 g/mol. The molecule has 2 aromatic rings. The van der Waals surface area contributed by atoms with Crippen molar-refractivity contribution in [3.05, 3.63) is 45.7 Å². The number of esters is 2. The molecule has 32 heavy (non-hydrogen) atoms. The van der Waals surface area contributed by atoms with Crippen molar-refractivity contribution in [2.45, 2.75) is 0 Å². The Labute approximate surface area is 266 Å². The number of carbonyl (C=O) groups is 3. The van der Waals surface area contributed by atoms with Gasteiger partial charge in [0.2, 0.25) is 5.78 Å². The fourth-order valence-corrected chi connectivity index (χ4v) is 6.51. The molecule has 2 rings (SSSR count). The highest BCUT2D eigenvalue weighted by Crippen LogP contribution is 2.29. The molecule has 0 aliphatic heterocycles. The molecule has 172 valence electrons. The summed E-state index contributed by atoms with van der Waals surface area (Å²) in [6.07, 6.45) is 0. The van der Waals surface area contributed by atoms with Gasteiger partial charge in [0.25, 0.3) is 0 Å². The number of ether oxygens (including phenoxy) is 4. The second-order valence-corrected chi connectivity index (χ2v) is 12.8. The molecule has 0 aliphatic rings. The largest absolute Gasteiger partial charge is 0.481 e. The van der Waals surface area contributed by atoms with Crippen molar-refractivity contribution < 1.29 is 33.3 Å². The Morgan fingerprint density at radius 1 is 0.594 bits per heavy atom. The van der Waals surface area contributed by atoms with Crippen LogP contribution in [0.5, 0.6) is 11.5 Å². The third kappa shape index (κ3) is 9.95. The number of halogens is 6. The highest BCUT2D eigenvalue weighted by atomic mass is 127. The molecule has 7 nitrogen and oxygen atoms in total. The number of rotatable bonds is 10. The Morgan fingerprint density at radius 3 is 1.34 bits per heavy atom. The number of benzene rings is 2. The van der Waals surface area contributed by atoms with E-state index in [4.69, 9.17) is 18.9 Å². The minimum atomic E-state index is -0.694. The van der Waals surface area contributed by atoms with Crippen LogP contribution in [-0.2, 0) is 23.9 Å². The van der Waals surface area contributed by atoms with Crippen molar-refractivity contribution in [2.24, 2.45) is 0 Å². The Balaban J connectivity index is 1.69. The van der Waals surface area contributed by atoms with E-state index >= 15 is 0 Å². The van der Waals surface area contributed by atoms with Crippen LogP contribution in [0.3, 0.4) is 0 Å². The standard InChI is InChI=1S/C19H12I6O7/c20-9-1-12(22)18(24)14(3-9)29-7-16(27)31-5-11(26)6-32-17(28)8-30-15-4-10(21)2-13(23)19(15)25/h1-4H,5-8H2. The molecule has 0 bridgehead atoms. The molecule has 0 amide bonds. The lowest BCUT2D eigenvalue weighted by Crippen LogP contribution is -2.25. The van der Waals surface area contributed by atoms with Crippen LogP contribution in [0.1, 0.15) is 0 Å². The van der Waals surface area contributed by atoms with Gasteiger partial charge in [0.1, 0.15) is 11.5 Å². The molecule has 0 N–H and O–H groups in total. The van der Waals surface area contributed by atoms with Crippen LogP contribution in [0.15, 0.2) is 24.3 Å². The second kappa shape index (κ2) is 14.6. The number of ketones is 1. The topological polar surface area (TPSA) is 88.1 Å². The van der Waals surface area contributed by atoms with Gasteiger partial charge in [0, 0.05) is 14.3 Å². The van der Waals surface area contributed by atoms with E-state index in [-0.39, 0.29) is 13.2 Å². The van der Waals surface area contributed by atoms with E-state index in [0.717, 1.165) is 21.4 Å². The third-order valence-corrected chi connectivity index (χ3v) is 10.6. The van der Waals surface area contributed by atoms with E-state index in [1.54, 1.807) is 0 Å². The van der Waals surface area contributed by atoms with Gasteiger partial charge in [-0.3, -0.25) is 4.79 Å². The lowest BCUT2D eigenvalue weighted by Gasteiger charge is -2.11. The summed E-state index contributed by atoms with van der Waals surface area (Å²) in [5, 5.41) is 0. The molecule has 0 unspecified atom stereocenters. The molecule has 0 saturated heterocycles. The van der Waals surface area contributed by atoms with Crippen LogP contribution in [0.25, 0.3) is 0 Å². The van der Waals surface area contributed by atoms with Gasteiger partial charge < -0.3 is 18.9 Å². The van der Waals surface area contributed by atoms with Crippen LogP contribution in [0.4, 0.5) is 0 Å². The average molecular weight is 1110 g/mol. The summed E-state index contributed by atoms with van der Waals surface area (Å²) in [5.74, 6) is -0.808. The zero-order valence-corrected chi connectivity index (χ0v) is 28.7. The maximum Gasteiger partial charge on any atom is 0.344 e. The van der Waals surface area contributed by atoms with E-state index in [1.165, 1.54) is 0 Å². The molecule has 0 atom stereocenters. The normalized spacial score (nSPS) is 10.4. The minimum absolute atomic E-state index is 0.333. The number of hydrogen-bond donors (Lipinski definition) is 0. The van der Waals surface area contributed by atoms with Crippen LogP contribution in [0, 0.1) is 21.4 Å². The first-order valence-electron chi connectivity index (χ1n) is 8.44. The predicted octanol–water partition coefficient (Wildman–Crippen LogP) is 5.43. The summed E-state index contributed by atoms with van der Waals surface area (Å²) in [4.78, 5) is 35.5. The van der Waals surface area contributed by atoms with Crippen molar-refractivity contribution in [2.75, 3.05) is 26.4 Å². The average Bonchev–Trinajstić information content (AvgIpc) is 2.73. The fourth-order valence-electron chi connectivity index (χ4n) is 2.00. The van der Waals surface area contributed by atoms with Crippen LogP contribution in [0.2, 0.25) is 0 Å². The molecule has 0 aliphatic carbocycles. The molecule has 13 heteroatoms. The molecular formula is C19H12I6O7. The molecule has 0 fully saturated rings. The first-order chi connectivity index (χ1) is 15.1. The van der Waals surface area contributed by atoms with E-state index in [2.05, 4.69) is 136 Å². The summed E-state index contributed by atoms with van der Waals surface area (Å²) in [7, 11) is 0. The van der Waals surface area contributed by atoms with Gasteiger partial charge in [-0.25, -0.2) is 9.59 Å². The van der Waals surface area contributed by atoms with Crippen molar-refractivity contribution in [3.63, 3.8) is 0 Å². The molecule has 0 aromatic heterocycles. The lowest BCUT2D eigenvalue weighted by molar-refractivity contribution is -0.154.